The molecule has 1 saturated heterocycles. The zero-order valence-electron chi connectivity index (χ0n) is 20.2. The summed E-state index contributed by atoms with van der Waals surface area (Å²) in [5.74, 6) is 0.193. The van der Waals surface area contributed by atoms with Crippen molar-refractivity contribution in [1.29, 1.82) is 0 Å². The number of anilines is 2. The lowest BCUT2D eigenvalue weighted by atomic mass is 10.0. The first-order valence-corrected chi connectivity index (χ1v) is 12.6. The quantitative estimate of drug-likeness (QED) is 0.327. The Morgan fingerprint density at radius 1 is 1.31 bits per heavy atom. The van der Waals surface area contributed by atoms with Gasteiger partial charge in [-0.25, -0.2) is 0 Å². The van der Waals surface area contributed by atoms with E-state index in [1.165, 1.54) is 7.05 Å². The van der Waals surface area contributed by atoms with E-state index in [0.717, 1.165) is 16.4 Å². The van der Waals surface area contributed by atoms with E-state index in [2.05, 4.69) is 9.88 Å². The van der Waals surface area contributed by atoms with Crippen LogP contribution in [0.2, 0.25) is 0 Å². The number of hydrogen-bond donors (Lipinski definition) is 2. The molecule has 1 aromatic heterocycles. The summed E-state index contributed by atoms with van der Waals surface area (Å²) < 4.78 is 29.9. The van der Waals surface area contributed by atoms with Gasteiger partial charge in [0.1, 0.15) is 5.75 Å². The minimum atomic E-state index is -2.46. The van der Waals surface area contributed by atoms with Gasteiger partial charge in [0.2, 0.25) is 0 Å². The van der Waals surface area contributed by atoms with E-state index >= 15 is 0 Å². The van der Waals surface area contributed by atoms with Gasteiger partial charge in [0.15, 0.2) is 6.61 Å². The number of aliphatic hydroxyl groups excluding tert-OH is 1. The number of hydrogen-bond acceptors (Lipinski definition) is 8. The number of ether oxygens (including phenoxy) is 1. The number of likely N-dealkylation sites (N-methyl/N-ethyl adjacent to an activating group) is 1. The van der Waals surface area contributed by atoms with Crippen LogP contribution in [-0.4, -0.2) is 81.0 Å². The van der Waals surface area contributed by atoms with Crippen molar-refractivity contribution in [2.75, 3.05) is 50.4 Å². The highest BCUT2D eigenvalue weighted by Gasteiger charge is 2.28. The third-order valence-electron chi connectivity index (χ3n) is 6.46. The first-order valence-electron chi connectivity index (χ1n) is 11.6. The molecule has 1 amide bonds. The van der Waals surface area contributed by atoms with Gasteiger partial charge < -0.3 is 29.3 Å². The fraction of sp³-hybridized carbons (Fsp3) is 0.360. The molecule has 10 nitrogen and oxygen atoms in total. The van der Waals surface area contributed by atoms with Crippen LogP contribution in [0.4, 0.5) is 11.4 Å². The first kappa shape index (κ1) is 25.8. The van der Waals surface area contributed by atoms with Gasteiger partial charge in [-0.2, -0.15) is 0 Å². The largest absolute Gasteiger partial charge is 0.755 e. The van der Waals surface area contributed by atoms with Crippen LogP contribution < -0.4 is 14.8 Å². The standard InChI is InChI=1S/C25H31N5O5S/c1-28(22(15-30-12-10-19(31)14-30)17-5-3-6-18(26)13-17)24(32)16-35-23-9-8-21(29(2)36(33)34)25-20(23)7-4-11-27-25/h3-9,11,13,19,22,31H,10,12,14-16,26H2,1-2H3,(H,33,34)/p-1/t19-,22+/m0/s1. The number of carbonyl (C=O) groups excluding carboxylic acids is 1. The van der Waals surface area contributed by atoms with E-state index < -0.39 is 11.3 Å². The SMILES string of the molecule is CN(C(=O)COc1ccc(N(C)S(=O)[O-])c2ncccc12)[C@H](CN1CC[C@H](O)C1)c1cccc(N)c1. The van der Waals surface area contributed by atoms with Gasteiger partial charge in [-0.1, -0.05) is 12.1 Å². The van der Waals surface area contributed by atoms with E-state index in [1.54, 1.807) is 48.5 Å². The second-order valence-electron chi connectivity index (χ2n) is 8.88. The molecule has 0 bridgehead atoms. The highest BCUT2D eigenvalue weighted by atomic mass is 32.2. The number of nitrogen functional groups attached to an aromatic ring is 1. The molecule has 1 unspecified atom stereocenters. The predicted octanol–water partition coefficient (Wildman–Crippen LogP) is 1.69. The molecule has 1 aliphatic heterocycles. The smallest absolute Gasteiger partial charge is 0.260 e. The number of aromatic nitrogens is 1. The van der Waals surface area contributed by atoms with Gasteiger partial charge >= 0.3 is 0 Å². The molecule has 0 aliphatic carbocycles. The summed E-state index contributed by atoms with van der Waals surface area (Å²) in [5.41, 5.74) is 8.38. The average Bonchev–Trinajstić information content (AvgIpc) is 3.29. The van der Waals surface area contributed by atoms with E-state index in [4.69, 9.17) is 10.5 Å². The molecule has 1 fully saturated rings. The normalized spacial score (nSPS) is 17.6. The lowest BCUT2D eigenvalue weighted by Crippen LogP contribution is -2.41. The second kappa shape index (κ2) is 11.2. The molecule has 0 saturated carbocycles. The Bertz CT molecular complexity index is 1260. The summed E-state index contributed by atoms with van der Waals surface area (Å²) in [5, 5.41) is 10.5. The first-order chi connectivity index (χ1) is 17.2. The van der Waals surface area contributed by atoms with Gasteiger partial charge in [0.05, 0.1) is 23.3 Å². The molecule has 2 heterocycles. The molecule has 2 aromatic carbocycles. The van der Waals surface area contributed by atoms with Crippen LogP contribution in [0, 0.1) is 0 Å². The molecule has 1 aliphatic rings. The van der Waals surface area contributed by atoms with Crippen LogP contribution in [0.15, 0.2) is 54.7 Å². The summed E-state index contributed by atoms with van der Waals surface area (Å²) in [4.78, 5) is 21.3. The number of carbonyl (C=O) groups is 1. The molecule has 3 atom stereocenters. The molecular weight excluding hydrogens is 482 g/mol. The van der Waals surface area contributed by atoms with Gasteiger partial charge in [-0.3, -0.25) is 18.9 Å². The van der Waals surface area contributed by atoms with Crippen molar-refractivity contribution < 1.29 is 23.4 Å². The van der Waals surface area contributed by atoms with Crippen LogP contribution in [0.3, 0.4) is 0 Å². The Morgan fingerprint density at radius 2 is 2.11 bits per heavy atom. The monoisotopic (exact) mass is 512 g/mol. The third kappa shape index (κ3) is 5.76. The highest BCUT2D eigenvalue weighted by molar-refractivity contribution is 7.80. The molecular formula is C25H30N5O5S-. The minimum absolute atomic E-state index is 0.218. The zero-order chi connectivity index (χ0) is 25.8. The van der Waals surface area contributed by atoms with Crippen LogP contribution in [0.1, 0.15) is 18.0 Å². The summed E-state index contributed by atoms with van der Waals surface area (Å²) in [6.45, 7) is 1.66. The summed E-state index contributed by atoms with van der Waals surface area (Å²) >= 11 is -2.46. The van der Waals surface area contributed by atoms with Gasteiger partial charge in [0, 0.05) is 62.3 Å². The number of rotatable bonds is 9. The molecule has 0 radical (unpaired) electrons. The number of β-amino-alcohol motifs (C(OH)–C–C–N with tert-alkyl or cyclic N) is 1. The molecule has 36 heavy (non-hydrogen) atoms. The summed E-state index contributed by atoms with van der Waals surface area (Å²) in [7, 11) is 3.16. The molecule has 192 valence electrons. The number of aliphatic hydroxyl groups is 1. The number of fused-ring (bicyclic) bond motifs is 1. The molecule has 3 aromatic rings. The number of nitrogens with zero attached hydrogens (tertiary/aromatic N) is 4. The summed E-state index contributed by atoms with van der Waals surface area (Å²) in [6, 6.07) is 13.9. The predicted molar refractivity (Wildman–Crippen MR) is 138 cm³/mol. The molecule has 3 N–H and O–H groups in total. The van der Waals surface area contributed by atoms with E-state index in [1.807, 2.05) is 18.2 Å². The maximum absolute atomic E-state index is 13.3. The van der Waals surface area contributed by atoms with Crippen molar-refractivity contribution in [3.05, 3.63) is 60.3 Å². The van der Waals surface area contributed by atoms with Crippen molar-refractivity contribution in [3.8, 4) is 5.75 Å². The highest BCUT2D eigenvalue weighted by Crippen LogP contribution is 2.32. The van der Waals surface area contributed by atoms with Crippen molar-refractivity contribution in [1.82, 2.24) is 14.8 Å². The summed E-state index contributed by atoms with van der Waals surface area (Å²) in [6.07, 6.45) is 1.91. The van der Waals surface area contributed by atoms with Gasteiger partial charge in [-0.15, -0.1) is 0 Å². The Balaban J connectivity index is 1.53. The number of pyridine rings is 1. The lowest BCUT2D eigenvalue weighted by Gasteiger charge is -2.32. The van der Waals surface area contributed by atoms with E-state index in [-0.39, 0.29) is 24.7 Å². The number of likely N-dealkylation sites (tertiary alicyclic amines) is 1. The maximum Gasteiger partial charge on any atom is 0.260 e. The van der Waals surface area contributed by atoms with Crippen molar-refractivity contribution in [2.45, 2.75) is 18.6 Å². The second-order valence-corrected chi connectivity index (χ2v) is 9.86. The number of benzene rings is 2. The van der Waals surface area contributed by atoms with Crippen LogP contribution in [0.5, 0.6) is 5.75 Å². The lowest BCUT2D eigenvalue weighted by molar-refractivity contribution is -0.134. The topological polar surface area (TPSA) is 135 Å². The van der Waals surface area contributed by atoms with Crippen LogP contribution >= 0.6 is 0 Å². The Labute approximate surface area is 212 Å². The maximum atomic E-state index is 13.3. The Kier molecular flexibility index (Phi) is 8.04. The molecule has 0 spiro atoms. The van der Waals surface area contributed by atoms with Gasteiger partial charge in [0.25, 0.3) is 5.91 Å². The zero-order valence-corrected chi connectivity index (χ0v) is 21.1. The van der Waals surface area contributed by atoms with Gasteiger partial charge in [-0.05, 0) is 48.4 Å². The van der Waals surface area contributed by atoms with E-state index in [9.17, 15) is 18.7 Å². The number of amides is 1. The Hall–Kier alpha value is -3.25. The fourth-order valence-electron chi connectivity index (χ4n) is 4.45. The molecule has 4 rings (SSSR count). The van der Waals surface area contributed by atoms with Crippen molar-refractivity contribution in [3.63, 3.8) is 0 Å². The third-order valence-corrected chi connectivity index (χ3v) is 7.10. The minimum Gasteiger partial charge on any atom is -0.755 e. The number of nitrogens with two attached hydrogens (primary N) is 1. The van der Waals surface area contributed by atoms with E-state index in [0.29, 0.717) is 47.5 Å². The van der Waals surface area contributed by atoms with Crippen LogP contribution in [-0.2, 0) is 16.1 Å². The van der Waals surface area contributed by atoms with Crippen molar-refractivity contribution >= 4 is 39.5 Å². The van der Waals surface area contributed by atoms with Crippen LogP contribution in [0.25, 0.3) is 10.9 Å². The van der Waals surface area contributed by atoms with Crippen molar-refractivity contribution in [2.24, 2.45) is 0 Å². The molecule has 11 heteroatoms. The average molecular weight is 513 g/mol. The Morgan fingerprint density at radius 3 is 2.81 bits per heavy atom. The fourth-order valence-corrected chi connectivity index (χ4v) is 4.76.